The second-order valence-electron chi connectivity index (χ2n) is 5.64. The average molecular weight is 279 g/mol. The molecule has 1 aromatic rings. The third kappa shape index (κ3) is 2.71. The highest BCUT2D eigenvalue weighted by molar-refractivity contribution is 5.99. The highest BCUT2D eigenvalue weighted by Gasteiger charge is 2.32. The fourth-order valence-electron chi connectivity index (χ4n) is 3.14. The van der Waals surface area contributed by atoms with E-state index in [0.29, 0.717) is 17.5 Å². The molecule has 1 saturated carbocycles. The molecule has 3 atom stereocenters. The van der Waals surface area contributed by atoms with Crippen LogP contribution >= 0.6 is 0 Å². The molecule has 2 rings (SSSR count). The van der Waals surface area contributed by atoms with E-state index in [4.69, 9.17) is 11.5 Å². The molecule has 4 nitrogen and oxygen atoms in total. The van der Waals surface area contributed by atoms with Crippen LogP contribution < -0.4 is 16.8 Å². The van der Waals surface area contributed by atoms with Crippen LogP contribution in [0.15, 0.2) is 12.1 Å². The molecule has 3 unspecified atom stereocenters. The van der Waals surface area contributed by atoms with Gasteiger partial charge in [-0.3, -0.25) is 4.79 Å². The van der Waals surface area contributed by atoms with Gasteiger partial charge < -0.3 is 16.8 Å². The van der Waals surface area contributed by atoms with E-state index in [1.165, 1.54) is 6.07 Å². The van der Waals surface area contributed by atoms with Crippen molar-refractivity contribution in [3.8, 4) is 0 Å². The molecule has 1 aromatic carbocycles. The number of rotatable bonds is 4. The molecule has 5 N–H and O–H groups in total. The number of primary amides is 1. The Morgan fingerprint density at radius 3 is 2.70 bits per heavy atom. The van der Waals surface area contributed by atoms with Crippen LogP contribution in [0, 0.1) is 17.7 Å². The van der Waals surface area contributed by atoms with Gasteiger partial charge in [-0.15, -0.1) is 0 Å². The fourth-order valence-corrected chi connectivity index (χ4v) is 3.14. The Bertz CT molecular complexity index is 518. The first-order chi connectivity index (χ1) is 9.43. The van der Waals surface area contributed by atoms with Crippen LogP contribution in [-0.2, 0) is 0 Å². The lowest BCUT2D eigenvalue weighted by atomic mass is 9.93. The lowest BCUT2D eigenvalue weighted by Gasteiger charge is -2.22. The lowest BCUT2D eigenvalue weighted by Crippen LogP contribution is -2.25. The fraction of sp³-hybridized carbons (Fsp3) is 0.533. The molecule has 0 heterocycles. The Morgan fingerprint density at radius 2 is 2.15 bits per heavy atom. The molecule has 20 heavy (non-hydrogen) atoms. The molecule has 110 valence electrons. The third-order valence-electron chi connectivity index (χ3n) is 4.50. The summed E-state index contributed by atoms with van der Waals surface area (Å²) in [5.74, 6) is 0.0602. The molecular formula is C15H22FN3O. The van der Waals surface area contributed by atoms with Crippen molar-refractivity contribution >= 4 is 17.3 Å². The Labute approximate surface area is 118 Å². The van der Waals surface area contributed by atoms with Crippen LogP contribution in [0.25, 0.3) is 0 Å². The van der Waals surface area contributed by atoms with Gasteiger partial charge in [0.1, 0.15) is 5.82 Å². The van der Waals surface area contributed by atoms with E-state index < -0.39 is 11.7 Å². The zero-order valence-corrected chi connectivity index (χ0v) is 11.9. The number of carbonyl (C=O) groups excluding carboxylic acids is 1. The quantitative estimate of drug-likeness (QED) is 0.741. The second kappa shape index (κ2) is 5.69. The maximum atomic E-state index is 14.0. The van der Waals surface area contributed by atoms with Gasteiger partial charge in [-0.2, -0.15) is 0 Å². The zero-order chi connectivity index (χ0) is 14.9. The minimum Gasteiger partial charge on any atom is -0.398 e. The molecule has 0 bridgehead atoms. The Morgan fingerprint density at radius 1 is 1.45 bits per heavy atom. The summed E-state index contributed by atoms with van der Waals surface area (Å²) in [6, 6.07) is 2.79. The molecule has 1 aliphatic carbocycles. The van der Waals surface area contributed by atoms with Crippen molar-refractivity contribution in [1.29, 1.82) is 0 Å². The summed E-state index contributed by atoms with van der Waals surface area (Å²) in [4.78, 5) is 11.3. The van der Waals surface area contributed by atoms with E-state index in [1.54, 1.807) is 0 Å². The van der Waals surface area contributed by atoms with E-state index in [1.807, 2.05) is 0 Å². The first-order valence-electron chi connectivity index (χ1n) is 7.09. The Balaban J connectivity index is 2.22. The first kappa shape index (κ1) is 14.6. The summed E-state index contributed by atoms with van der Waals surface area (Å²) in [5, 5.41) is 3.21. The normalized spacial score (nSPS) is 25.6. The van der Waals surface area contributed by atoms with Crippen molar-refractivity contribution in [2.45, 2.75) is 39.2 Å². The van der Waals surface area contributed by atoms with Gasteiger partial charge in [-0.05, 0) is 36.8 Å². The number of amides is 1. The summed E-state index contributed by atoms with van der Waals surface area (Å²) in [6.45, 7) is 4.36. The molecule has 0 aromatic heterocycles. The lowest BCUT2D eigenvalue weighted by molar-refractivity contribution is 0.100. The molecular weight excluding hydrogens is 257 g/mol. The minimum absolute atomic E-state index is 0.0754. The number of carbonyl (C=O) groups is 1. The Hall–Kier alpha value is -1.78. The maximum Gasteiger partial charge on any atom is 0.250 e. The van der Waals surface area contributed by atoms with Gasteiger partial charge in [0.25, 0.3) is 5.91 Å². The molecule has 0 aliphatic heterocycles. The van der Waals surface area contributed by atoms with Crippen molar-refractivity contribution in [2.75, 3.05) is 11.1 Å². The molecule has 0 spiro atoms. The van der Waals surface area contributed by atoms with Crippen LogP contribution in [0.1, 0.15) is 43.5 Å². The molecule has 0 radical (unpaired) electrons. The zero-order valence-electron chi connectivity index (χ0n) is 11.9. The number of hydrogen-bond donors (Lipinski definition) is 3. The molecule has 1 fully saturated rings. The van der Waals surface area contributed by atoms with E-state index in [2.05, 4.69) is 19.2 Å². The number of hydrogen-bond acceptors (Lipinski definition) is 3. The van der Waals surface area contributed by atoms with Crippen LogP contribution in [0.4, 0.5) is 15.8 Å². The predicted molar refractivity (Wildman–Crippen MR) is 78.9 cm³/mol. The van der Waals surface area contributed by atoms with Crippen LogP contribution in [0.2, 0.25) is 0 Å². The number of benzene rings is 1. The summed E-state index contributed by atoms with van der Waals surface area (Å²) in [5.41, 5.74) is 11.4. The van der Waals surface area contributed by atoms with Crippen molar-refractivity contribution in [2.24, 2.45) is 17.6 Å². The van der Waals surface area contributed by atoms with Gasteiger partial charge in [0.2, 0.25) is 0 Å². The van der Waals surface area contributed by atoms with Gasteiger partial charge in [0.05, 0.1) is 11.3 Å². The van der Waals surface area contributed by atoms with Crippen molar-refractivity contribution in [3.05, 3.63) is 23.5 Å². The highest BCUT2D eigenvalue weighted by Crippen LogP contribution is 2.36. The topological polar surface area (TPSA) is 81.1 Å². The largest absolute Gasteiger partial charge is 0.398 e. The van der Waals surface area contributed by atoms with Crippen molar-refractivity contribution < 1.29 is 9.18 Å². The molecule has 1 aliphatic rings. The number of halogens is 1. The summed E-state index contributed by atoms with van der Waals surface area (Å²) in [7, 11) is 0. The number of nitrogens with two attached hydrogens (primary N) is 2. The van der Waals surface area contributed by atoms with Gasteiger partial charge in [0, 0.05) is 11.7 Å². The van der Waals surface area contributed by atoms with Crippen LogP contribution in [-0.4, -0.2) is 11.9 Å². The van der Waals surface area contributed by atoms with Crippen LogP contribution in [0.3, 0.4) is 0 Å². The first-order valence-corrected chi connectivity index (χ1v) is 7.09. The average Bonchev–Trinajstić information content (AvgIpc) is 2.73. The molecule has 1 amide bonds. The van der Waals surface area contributed by atoms with Crippen molar-refractivity contribution in [1.82, 2.24) is 0 Å². The maximum absolute atomic E-state index is 14.0. The summed E-state index contributed by atoms with van der Waals surface area (Å²) in [6.07, 6.45) is 3.29. The standard InChI is InChI=1S/C15H22FN3O/c1-3-9-4-5-13(8(9)2)19-14-6-10(15(18)20)12(17)7-11(14)16/h6-9,13,19H,3-5,17H2,1-2H3,(H2,18,20). The SMILES string of the molecule is CCC1CCC(Nc2cc(C(N)=O)c(N)cc2F)C1C. The number of anilines is 2. The third-order valence-corrected chi connectivity index (χ3v) is 4.50. The van der Waals surface area contributed by atoms with Gasteiger partial charge in [0.15, 0.2) is 0 Å². The second-order valence-corrected chi connectivity index (χ2v) is 5.64. The summed E-state index contributed by atoms with van der Waals surface area (Å²) < 4.78 is 14.0. The molecule has 5 heteroatoms. The monoisotopic (exact) mass is 279 g/mol. The molecule has 0 saturated heterocycles. The van der Waals surface area contributed by atoms with Gasteiger partial charge in [-0.1, -0.05) is 20.3 Å². The van der Waals surface area contributed by atoms with Crippen molar-refractivity contribution in [3.63, 3.8) is 0 Å². The highest BCUT2D eigenvalue weighted by atomic mass is 19.1. The summed E-state index contributed by atoms with van der Waals surface area (Å²) >= 11 is 0. The van der Waals surface area contributed by atoms with E-state index >= 15 is 0 Å². The number of nitrogens with one attached hydrogen (secondary N) is 1. The van der Waals surface area contributed by atoms with E-state index in [0.717, 1.165) is 25.3 Å². The Kier molecular flexibility index (Phi) is 4.16. The smallest absolute Gasteiger partial charge is 0.250 e. The minimum atomic E-state index is -0.642. The van der Waals surface area contributed by atoms with Crippen LogP contribution in [0.5, 0.6) is 0 Å². The number of nitrogen functional groups attached to an aromatic ring is 1. The predicted octanol–water partition coefficient (Wildman–Crippen LogP) is 2.74. The van der Waals surface area contributed by atoms with Gasteiger partial charge in [-0.25, -0.2) is 4.39 Å². The van der Waals surface area contributed by atoms with E-state index in [-0.39, 0.29) is 17.3 Å². The van der Waals surface area contributed by atoms with Gasteiger partial charge >= 0.3 is 0 Å². The van der Waals surface area contributed by atoms with E-state index in [9.17, 15) is 9.18 Å².